The molecule has 1 heterocycles. The number of likely N-dealkylation sites (tertiary alicyclic amines) is 1. The van der Waals surface area contributed by atoms with Crippen LogP contribution in [0.5, 0.6) is 0 Å². The third kappa shape index (κ3) is 9.28. The molecule has 1 aromatic carbocycles. The van der Waals surface area contributed by atoms with Gasteiger partial charge in [0.15, 0.2) is 0 Å². The van der Waals surface area contributed by atoms with E-state index in [4.69, 9.17) is 4.74 Å². The summed E-state index contributed by atoms with van der Waals surface area (Å²) in [6.45, 7) is 21.6. The summed E-state index contributed by atoms with van der Waals surface area (Å²) < 4.78 is 6.10. The summed E-state index contributed by atoms with van der Waals surface area (Å²) in [5, 5.41) is 0. The second kappa shape index (κ2) is 15.7. The van der Waals surface area contributed by atoms with Crippen LogP contribution in [0.15, 0.2) is 72.0 Å². The van der Waals surface area contributed by atoms with Gasteiger partial charge in [0.1, 0.15) is 0 Å². The van der Waals surface area contributed by atoms with Crippen molar-refractivity contribution in [2.24, 2.45) is 0 Å². The van der Waals surface area contributed by atoms with Gasteiger partial charge < -0.3 is 14.5 Å². The molecule has 38 heavy (non-hydrogen) atoms. The molecule has 1 saturated heterocycles. The second-order valence-electron chi connectivity index (χ2n) is 10.8. The van der Waals surface area contributed by atoms with Crippen LogP contribution < -0.4 is 4.90 Å². The average Bonchev–Trinajstić information content (AvgIpc) is 2.91. The first-order valence-electron chi connectivity index (χ1n) is 14.2. The number of rotatable bonds is 15. The van der Waals surface area contributed by atoms with Crippen LogP contribution in [-0.2, 0) is 9.53 Å². The van der Waals surface area contributed by atoms with Gasteiger partial charge in [-0.05, 0) is 89.2 Å². The van der Waals surface area contributed by atoms with Gasteiger partial charge in [0.25, 0.3) is 0 Å². The highest BCUT2D eigenvalue weighted by atomic mass is 16.5. The van der Waals surface area contributed by atoms with E-state index < -0.39 is 0 Å². The van der Waals surface area contributed by atoms with Crippen LogP contribution >= 0.6 is 0 Å². The molecular formula is C33H51N3O2. The molecule has 5 heteroatoms. The monoisotopic (exact) mass is 521 g/mol. The molecule has 1 aromatic rings. The minimum atomic E-state index is -0.341. The first kappa shape index (κ1) is 31.6. The van der Waals surface area contributed by atoms with Crippen molar-refractivity contribution in [2.45, 2.75) is 78.9 Å². The van der Waals surface area contributed by atoms with Crippen LogP contribution in [0.3, 0.4) is 0 Å². The zero-order chi connectivity index (χ0) is 28.1. The molecule has 1 amide bonds. The molecule has 1 fully saturated rings. The lowest BCUT2D eigenvalue weighted by Crippen LogP contribution is -2.52. The third-order valence-electron chi connectivity index (χ3n) is 7.77. The number of nitrogens with zero attached hydrogens (tertiary/aromatic N) is 3. The van der Waals surface area contributed by atoms with E-state index in [0.717, 1.165) is 64.0 Å². The second-order valence-corrected chi connectivity index (χ2v) is 10.8. The molecule has 0 saturated carbocycles. The lowest BCUT2D eigenvalue weighted by Gasteiger charge is -2.43. The van der Waals surface area contributed by atoms with E-state index >= 15 is 0 Å². The van der Waals surface area contributed by atoms with Crippen molar-refractivity contribution in [1.82, 2.24) is 9.80 Å². The minimum absolute atomic E-state index is 0.341. The normalized spacial score (nSPS) is 16.7. The highest BCUT2D eigenvalue weighted by Crippen LogP contribution is 2.30. The first-order valence-corrected chi connectivity index (χ1v) is 14.2. The van der Waals surface area contributed by atoms with E-state index in [0.29, 0.717) is 12.6 Å². The van der Waals surface area contributed by atoms with Crippen LogP contribution in [0.25, 0.3) is 0 Å². The molecule has 5 nitrogen and oxygen atoms in total. The molecule has 0 aliphatic carbocycles. The smallest absolute Gasteiger partial charge is 0.214 e. The van der Waals surface area contributed by atoms with Crippen LogP contribution in [0.2, 0.25) is 0 Å². The van der Waals surface area contributed by atoms with Crippen molar-refractivity contribution in [1.29, 1.82) is 0 Å². The zero-order valence-corrected chi connectivity index (χ0v) is 25.0. The summed E-state index contributed by atoms with van der Waals surface area (Å²) in [4.78, 5) is 18.7. The van der Waals surface area contributed by atoms with Gasteiger partial charge in [0.05, 0.1) is 12.1 Å². The average molecular weight is 522 g/mol. The molecule has 0 radical (unpaired) electrons. The number of piperidine rings is 1. The summed E-state index contributed by atoms with van der Waals surface area (Å²) in [7, 11) is 1.79. The van der Waals surface area contributed by atoms with Gasteiger partial charge >= 0.3 is 0 Å². The van der Waals surface area contributed by atoms with Crippen molar-refractivity contribution in [3.05, 3.63) is 77.6 Å². The van der Waals surface area contributed by atoms with Gasteiger partial charge in [-0.15, -0.1) is 0 Å². The van der Waals surface area contributed by atoms with Gasteiger partial charge in [0.2, 0.25) is 6.41 Å². The quantitative estimate of drug-likeness (QED) is 0.143. The van der Waals surface area contributed by atoms with E-state index in [1.54, 1.807) is 12.0 Å². The van der Waals surface area contributed by atoms with Crippen molar-refractivity contribution in [3.8, 4) is 0 Å². The Hall–Kier alpha value is -2.63. The topological polar surface area (TPSA) is 36.0 Å². The number of amides is 1. The van der Waals surface area contributed by atoms with Crippen LogP contribution in [0.4, 0.5) is 5.69 Å². The number of anilines is 1. The molecule has 0 atom stereocenters. The Labute approximate surface area is 232 Å². The van der Waals surface area contributed by atoms with Gasteiger partial charge in [-0.2, -0.15) is 0 Å². The van der Waals surface area contributed by atoms with Gasteiger partial charge in [0, 0.05) is 51.2 Å². The predicted octanol–water partition coefficient (Wildman–Crippen LogP) is 6.91. The summed E-state index contributed by atoms with van der Waals surface area (Å²) in [6.07, 6.45) is 13.5. The number of carbonyl (C=O) groups excluding carboxylic acids is 1. The summed E-state index contributed by atoms with van der Waals surface area (Å²) >= 11 is 0. The minimum Gasteiger partial charge on any atom is -0.376 e. The molecule has 0 unspecified atom stereocenters. The van der Waals surface area contributed by atoms with E-state index in [9.17, 15) is 4.79 Å². The van der Waals surface area contributed by atoms with E-state index in [1.807, 2.05) is 24.3 Å². The maximum absolute atomic E-state index is 12.0. The molecule has 0 aromatic heterocycles. The van der Waals surface area contributed by atoms with Crippen molar-refractivity contribution in [2.75, 3.05) is 44.7 Å². The standard InChI is InChI=1S/C33H51N3O2/c1-9-12-19-35(27(4)5)24-30(22-29(7)31(10-2)11-3)23-34-20-17-33(38-8,18-21-34)25-36(26-37)32-15-13-28(6)14-16-32/h9-10,12-16,24,26-27H,7,11,17-23,25H2,1-6,8H3/b12-9-,30-24+,31-10+. The number of hydrogen-bond donors (Lipinski definition) is 0. The summed E-state index contributed by atoms with van der Waals surface area (Å²) in [5.41, 5.74) is 5.69. The fraction of sp³-hybridized carbons (Fsp3) is 0.545. The highest BCUT2D eigenvalue weighted by Gasteiger charge is 2.36. The number of carbonyl (C=O) groups is 1. The van der Waals surface area contributed by atoms with Crippen LogP contribution in [0.1, 0.15) is 65.9 Å². The number of allylic oxidation sites excluding steroid dienone is 4. The molecule has 0 bridgehead atoms. The Morgan fingerprint density at radius 2 is 1.84 bits per heavy atom. The maximum atomic E-state index is 12.0. The van der Waals surface area contributed by atoms with Gasteiger partial charge in [-0.3, -0.25) is 9.69 Å². The Balaban J connectivity index is 2.17. The van der Waals surface area contributed by atoms with E-state index in [-0.39, 0.29) is 5.60 Å². The molecule has 0 N–H and O–H groups in total. The lowest BCUT2D eigenvalue weighted by molar-refractivity contribution is -0.109. The fourth-order valence-electron chi connectivity index (χ4n) is 5.13. The van der Waals surface area contributed by atoms with Crippen molar-refractivity contribution in [3.63, 3.8) is 0 Å². The van der Waals surface area contributed by atoms with Gasteiger partial charge in [-0.25, -0.2) is 0 Å². The highest BCUT2D eigenvalue weighted by molar-refractivity contribution is 5.75. The fourth-order valence-corrected chi connectivity index (χ4v) is 5.13. The number of methoxy groups -OCH3 is 1. The Kier molecular flexibility index (Phi) is 13.1. The third-order valence-corrected chi connectivity index (χ3v) is 7.77. The van der Waals surface area contributed by atoms with Gasteiger partial charge in [-0.1, -0.05) is 49.4 Å². The molecular weight excluding hydrogens is 470 g/mol. The molecule has 1 aliphatic rings. The number of benzene rings is 1. The summed E-state index contributed by atoms with van der Waals surface area (Å²) in [6, 6.07) is 8.53. The largest absolute Gasteiger partial charge is 0.376 e. The van der Waals surface area contributed by atoms with E-state index in [1.165, 1.54) is 22.3 Å². The Morgan fingerprint density at radius 3 is 2.34 bits per heavy atom. The van der Waals surface area contributed by atoms with Crippen LogP contribution in [-0.4, -0.2) is 67.7 Å². The summed E-state index contributed by atoms with van der Waals surface area (Å²) in [5.74, 6) is 0. The Morgan fingerprint density at radius 1 is 1.18 bits per heavy atom. The molecule has 1 aliphatic heterocycles. The van der Waals surface area contributed by atoms with E-state index in [2.05, 4.69) is 82.3 Å². The lowest BCUT2D eigenvalue weighted by atomic mass is 9.89. The first-order chi connectivity index (χ1) is 18.2. The molecule has 2 rings (SSSR count). The number of hydrogen-bond acceptors (Lipinski definition) is 4. The SMILES string of the molecule is C=C(C/C(=C\N(C/C=C\C)C(C)C)CN1CCC(CN(C=O)c2ccc(C)cc2)(OC)CC1)/C(=C/C)CC. The maximum Gasteiger partial charge on any atom is 0.214 e. The van der Waals surface area contributed by atoms with Crippen molar-refractivity contribution < 1.29 is 9.53 Å². The Bertz CT molecular complexity index is 966. The number of ether oxygens (including phenoxy) is 1. The molecule has 210 valence electrons. The van der Waals surface area contributed by atoms with Crippen LogP contribution in [0, 0.1) is 6.92 Å². The number of aryl methyl sites for hydroxylation is 1. The molecule has 0 spiro atoms. The predicted molar refractivity (Wildman–Crippen MR) is 163 cm³/mol. The van der Waals surface area contributed by atoms with Crippen molar-refractivity contribution >= 4 is 12.1 Å². The zero-order valence-electron chi connectivity index (χ0n) is 25.0.